The van der Waals surface area contributed by atoms with E-state index in [1.165, 1.54) is 12.3 Å². The van der Waals surface area contributed by atoms with Gasteiger partial charge >= 0.3 is 0 Å². The van der Waals surface area contributed by atoms with Crippen LogP contribution >= 0.6 is 0 Å². The second-order valence-corrected chi connectivity index (χ2v) is 1.94. The molecule has 0 aliphatic rings. The van der Waals surface area contributed by atoms with Crippen LogP contribution in [0.5, 0.6) is 5.75 Å². The fourth-order valence-corrected chi connectivity index (χ4v) is 0.649. The molecule has 1 aromatic heterocycles. The number of aromatic nitrogens is 1. The summed E-state index contributed by atoms with van der Waals surface area (Å²) in [7, 11) is 0. The van der Waals surface area contributed by atoms with Crippen LogP contribution < -0.4 is 5.73 Å². The van der Waals surface area contributed by atoms with E-state index in [2.05, 4.69) is 16.8 Å². The summed E-state index contributed by atoms with van der Waals surface area (Å²) in [5.41, 5.74) is 5.83. The minimum Gasteiger partial charge on any atom is -0.506 e. The van der Waals surface area contributed by atoms with E-state index in [0.29, 0.717) is 12.1 Å². The van der Waals surface area contributed by atoms with Crippen LogP contribution in [0.15, 0.2) is 18.5 Å². The summed E-state index contributed by atoms with van der Waals surface area (Å²) in [4.78, 5) is 3.74. The zero-order chi connectivity index (χ0) is 8.10. The van der Waals surface area contributed by atoms with E-state index in [0.717, 1.165) is 0 Å². The lowest BCUT2D eigenvalue weighted by Crippen LogP contribution is -1.93. The Morgan fingerprint density at radius 1 is 1.55 bits per heavy atom. The lowest BCUT2D eigenvalue weighted by Gasteiger charge is -1.89. The molecule has 3 heteroatoms. The minimum atomic E-state index is 0.119. The summed E-state index contributed by atoms with van der Waals surface area (Å²) in [5, 5.41) is 8.95. The monoisotopic (exact) mass is 148 g/mol. The molecule has 0 aromatic carbocycles. The smallest absolute Gasteiger partial charge is 0.135 e. The van der Waals surface area contributed by atoms with Gasteiger partial charge in [0.1, 0.15) is 5.75 Å². The highest BCUT2D eigenvalue weighted by Crippen LogP contribution is 2.06. The molecule has 11 heavy (non-hydrogen) atoms. The second-order valence-electron chi connectivity index (χ2n) is 1.94. The van der Waals surface area contributed by atoms with E-state index in [9.17, 15) is 0 Å². The molecule has 0 saturated carbocycles. The maximum atomic E-state index is 8.95. The molecule has 1 rings (SSSR count). The first kappa shape index (κ1) is 7.58. The quantitative estimate of drug-likeness (QED) is 0.513. The van der Waals surface area contributed by atoms with E-state index >= 15 is 0 Å². The molecule has 0 fully saturated rings. The zero-order valence-corrected chi connectivity index (χ0v) is 5.91. The van der Waals surface area contributed by atoms with Gasteiger partial charge in [0, 0.05) is 11.8 Å². The Kier molecular flexibility index (Phi) is 2.47. The number of nitrogens with two attached hydrogens (primary N) is 1. The number of pyridine rings is 1. The lowest BCUT2D eigenvalue weighted by atomic mass is 10.3. The molecule has 3 nitrogen and oxygen atoms in total. The zero-order valence-electron chi connectivity index (χ0n) is 5.91. The van der Waals surface area contributed by atoms with Crippen molar-refractivity contribution in [2.45, 2.75) is 0 Å². The van der Waals surface area contributed by atoms with E-state index in [1.54, 1.807) is 6.20 Å². The molecular formula is C8H8N2O. The maximum Gasteiger partial charge on any atom is 0.135 e. The van der Waals surface area contributed by atoms with Crippen LogP contribution in [0.25, 0.3) is 0 Å². The first-order valence-corrected chi connectivity index (χ1v) is 3.16. The predicted molar refractivity (Wildman–Crippen MR) is 41.8 cm³/mol. The van der Waals surface area contributed by atoms with Gasteiger partial charge in [-0.05, 0) is 6.07 Å². The summed E-state index contributed by atoms with van der Waals surface area (Å²) in [6.45, 7) is 0.315. The van der Waals surface area contributed by atoms with Crippen molar-refractivity contribution in [3.63, 3.8) is 0 Å². The van der Waals surface area contributed by atoms with Crippen LogP contribution in [0.2, 0.25) is 0 Å². The summed E-state index contributed by atoms with van der Waals surface area (Å²) in [6.07, 6.45) is 2.93. The highest BCUT2D eigenvalue weighted by molar-refractivity contribution is 5.36. The third-order valence-electron chi connectivity index (χ3n) is 1.06. The van der Waals surface area contributed by atoms with Gasteiger partial charge in [-0.1, -0.05) is 11.8 Å². The van der Waals surface area contributed by atoms with Gasteiger partial charge < -0.3 is 10.8 Å². The van der Waals surface area contributed by atoms with E-state index in [-0.39, 0.29) is 5.75 Å². The summed E-state index contributed by atoms with van der Waals surface area (Å²) < 4.78 is 0. The summed E-state index contributed by atoms with van der Waals surface area (Å²) >= 11 is 0. The van der Waals surface area contributed by atoms with Crippen LogP contribution in [0.1, 0.15) is 5.56 Å². The van der Waals surface area contributed by atoms with Gasteiger partial charge in [-0.15, -0.1) is 0 Å². The number of nitrogens with zero attached hydrogens (tertiary/aromatic N) is 1. The molecule has 0 atom stereocenters. The average Bonchev–Trinajstić information content (AvgIpc) is 2.01. The second kappa shape index (κ2) is 3.59. The largest absolute Gasteiger partial charge is 0.506 e. The predicted octanol–water partition coefficient (Wildman–Crippen LogP) is 0.0974. The minimum absolute atomic E-state index is 0.119. The van der Waals surface area contributed by atoms with Gasteiger partial charge in [0.05, 0.1) is 12.7 Å². The van der Waals surface area contributed by atoms with E-state index in [1.807, 2.05) is 0 Å². The normalized spacial score (nSPS) is 8.45. The van der Waals surface area contributed by atoms with Crippen molar-refractivity contribution in [1.82, 2.24) is 4.98 Å². The Labute approximate surface area is 64.9 Å². The van der Waals surface area contributed by atoms with Crippen molar-refractivity contribution < 1.29 is 5.11 Å². The molecule has 0 aliphatic carbocycles. The molecule has 1 heterocycles. The standard InChI is InChI=1S/C8H8N2O/c9-3-1-2-7-4-8(11)6-10-5-7/h4-6,11H,3,9H2. The average molecular weight is 148 g/mol. The van der Waals surface area contributed by atoms with Crippen LogP contribution in [-0.2, 0) is 0 Å². The number of hydrogen-bond donors (Lipinski definition) is 2. The third-order valence-corrected chi connectivity index (χ3v) is 1.06. The van der Waals surface area contributed by atoms with Crippen molar-refractivity contribution in [3.05, 3.63) is 24.0 Å². The molecule has 0 radical (unpaired) electrons. The van der Waals surface area contributed by atoms with Gasteiger partial charge in [-0.2, -0.15) is 0 Å². The molecule has 0 unspecified atom stereocenters. The third kappa shape index (κ3) is 2.28. The Balaban J connectivity index is 2.87. The van der Waals surface area contributed by atoms with Gasteiger partial charge in [-0.25, -0.2) is 0 Å². The number of rotatable bonds is 0. The number of hydrogen-bond acceptors (Lipinski definition) is 3. The molecule has 56 valence electrons. The highest BCUT2D eigenvalue weighted by Gasteiger charge is 1.88. The Morgan fingerprint density at radius 2 is 2.36 bits per heavy atom. The van der Waals surface area contributed by atoms with Crippen molar-refractivity contribution in [1.29, 1.82) is 0 Å². The molecule has 0 bridgehead atoms. The summed E-state index contributed by atoms with van der Waals surface area (Å²) in [5.74, 6) is 5.53. The van der Waals surface area contributed by atoms with Gasteiger partial charge in [0.2, 0.25) is 0 Å². The number of aromatic hydroxyl groups is 1. The van der Waals surface area contributed by atoms with Crippen molar-refractivity contribution in [3.8, 4) is 17.6 Å². The molecule has 0 spiro atoms. The Bertz CT molecular complexity index is 298. The van der Waals surface area contributed by atoms with Crippen LogP contribution in [0.3, 0.4) is 0 Å². The van der Waals surface area contributed by atoms with Gasteiger partial charge in [-0.3, -0.25) is 4.98 Å². The molecule has 3 N–H and O–H groups in total. The van der Waals surface area contributed by atoms with Crippen molar-refractivity contribution in [2.24, 2.45) is 5.73 Å². The molecule has 0 saturated heterocycles. The lowest BCUT2D eigenvalue weighted by molar-refractivity contribution is 0.472. The van der Waals surface area contributed by atoms with E-state index < -0.39 is 0 Å². The van der Waals surface area contributed by atoms with E-state index in [4.69, 9.17) is 10.8 Å². The maximum absolute atomic E-state index is 8.95. The van der Waals surface area contributed by atoms with Crippen molar-refractivity contribution >= 4 is 0 Å². The highest BCUT2D eigenvalue weighted by atomic mass is 16.3. The fraction of sp³-hybridized carbons (Fsp3) is 0.125. The van der Waals surface area contributed by atoms with Crippen LogP contribution in [-0.4, -0.2) is 16.6 Å². The van der Waals surface area contributed by atoms with Gasteiger partial charge in [0.25, 0.3) is 0 Å². The van der Waals surface area contributed by atoms with Crippen LogP contribution in [0, 0.1) is 11.8 Å². The molecule has 0 aliphatic heterocycles. The Hall–Kier alpha value is -1.53. The first-order chi connectivity index (χ1) is 5.33. The Morgan fingerprint density at radius 3 is 3.00 bits per heavy atom. The van der Waals surface area contributed by atoms with Crippen LogP contribution in [0.4, 0.5) is 0 Å². The summed E-state index contributed by atoms with van der Waals surface area (Å²) in [6, 6.07) is 1.54. The SMILES string of the molecule is NCC#Cc1cncc(O)c1. The van der Waals surface area contributed by atoms with Crippen molar-refractivity contribution in [2.75, 3.05) is 6.54 Å². The fourth-order valence-electron chi connectivity index (χ4n) is 0.649. The molecule has 0 amide bonds. The molecule has 1 aromatic rings. The van der Waals surface area contributed by atoms with Gasteiger partial charge in [0.15, 0.2) is 0 Å². The molecular weight excluding hydrogens is 140 g/mol. The topological polar surface area (TPSA) is 59.1 Å². The first-order valence-electron chi connectivity index (χ1n) is 3.16.